The topological polar surface area (TPSA) is 18.5 Å². The molecule has 0 spiro atoms. The van der Waals surface area contributed by atoms with Crippen LogP contribution in [0.25, 0.3) is 0 Å². The molecule has 2 rings (SSSR count). The van der Waals surface area contributed by atoms with Gasteiger partial charge in [0.1, 0.15) is 30.5 Å². The fourth-order valence-electron chi connectivity index (χ4n) is 1.49. The summed E-state index contributed by atoms with van der Waals surface area (Å²) in [6, 6.07) is 9.74. The lowest BCUT2D eigenvalue weighted by atomic mass is 10.3. The van der Waals surface area contributed by atoms with Crippen LogP contribution < -0.4 is 9.47 Å². The molecule has 2 nitrogen and oxygen atoms in total. The average molecular weight is 336 g/mol. The second kappa shape index (κ2) is 7.02. The summed E-state index contributed by atoms with van der Waals surface area (Å²) in [5.41, 5.74) is 0. The molecule has 0 unspecified atom stereocenters. The predicted octanol–water partition coefficient (Wildman–Crippen LogP) is 5.79. The fourth-order valence-corrected chi connectivity index (χ4v) is 2.11. The highest BCUT2D eigenvalue weighted by molar-refractivity contribution is 6.35. The zero-order valence-electron chi connectivity index (χ0n) is 10.2. The van der Waals surface area contributed by atoms with Crippen LogP contribution in [-0.4, -0.2) is 13.3 Å². The molecule has 0 amide bonds. The maximum atomic E-state index is 12.1. The van der Waals surface area contributed by atoms with Crippen molar-refractivity contribution >= 4 is 34.8 Å². The van der Waals surface area contributed by atoms with Crippen LogP contribution in [0.3, 0.4) is 0 Å². The second-order valence-electron chi connectivity index (χ2n) is 3.81. The van der Waals surface area contributed by atoms with Gasteiger partial charge in [-0.05, 0) is 30.3 Å². The average Bonchev–Trinajstić information content (AvgIpc) is 2.42. The van der Waals surface area contributed by atoms with E-state index in [0.29, 0.717) is 32.3 Å². The van der Waals surface area contributed by atoms with Crippen LogP contribution in [0.5, 0.6) is 17.2 Å². The van der Waals surface area contributed by atoms with Crippen molar-refractivity contribution in [1.29, 1.82) is 0 Å². The molecule has 0 radical (unpaired) electrons. The first kappa shape index (κ1) is 15.2. The summed E-state index contributed by atoms with van der Waals surface area (Å²) in [7, 11) is 0. The highest BCUT2D eigenvalue weighted by atomic mass is 35.5. The lowest BCUT2D eigenvalue weighted by Crippen LogP contribution is -1.99. The number of hydrogen-bond acceptors (Lipinski definition) is 2. The summed E-state index contributed by atoms with van der Waals surface area (Å²) < 4.78 is 22.9. The molecule has 2 aromatic rings. The van der Waals surface area contributed by atoms with Crippen molar-refractivity contribution in [2.75, 3.05) is 13.3 Å². The van der Waals surface area contributed by atoms with E-state index in [1.54, 1.807) is 36.4 Å². The Kier molecular flexibility index (Phi) is 5.35. The first-order valence-electron chi connectivity index (χ1n) is 5.71. The van der Waals surface area contributed by atoms with Crippen molar-refractivity contribution in [2.24, 2.45) is 0 Å². The van der Waals surface area contributed by atoms with Crippen LogP contribution in [0.1, 0.15) is 0 Å². The largest absolute Gasteiger partial charge is 0.489 e. The number of ether oxygens (including phenoxy) is 2. The Morgan fingerprint density at radius 3 is 2.40 bits per heavy atom. The van der Waals surface area contributed by atoms with Crippen molar-refractivity contribution in [3.8, 4) is 17.2 Å². The lowest BCUT2D eigenvalue weighted by molar-refractivity contribution is 0.272. The lowest BCUT2D eigenvalue weighted by Gasteiger charge is -2.11. The molecule has 0 heterocycles. The smallest absolute Gasteiger partial charge is 0.146 e. The van der Waals surface area contributed by atoms with Crippen molar-refractivity contribution < 1.29 is 13.9 Å². The minimum Gasteiger partial charge on any atom is -0.489 e. The van der Waals surface area contributed by atoms with Crippen molar-refractivity contribution in [3.63, 3.8) is 0 Å². The molecule has 20 heavy (non-hydrogen) atoms. The third-order valence-corrected chi connectivity index (χ3v) is 3.20. The molecule has 0 aromatic heterocycles. The van der Waals surface area contributed by atoms with E-state index in [0.717, 1.165) is 0 Å². The summed E-state index contributed by atoms with van der Waals surface area (Å²) in [6.07, 6.45) is 0. The normalized spacial score (nSPS) is 10.4. The van der Waals surface area contributed by atoms with Gasteiger partial charge in [-0.15, -0.1) is 0 Å². The van der Waals surface area contributed by atoms with Gasteiger partial charge in [0, 0.05) is 11.1 Å². The van der Waals surface area contributed by atoms with Gasteiger partial charge < -0.3 is 9.47 Å². The summed E-state index contributed by atoms with van der Waals surface area (Å²) in [5, 5.41) is 1.29. The third-order valence-electron chi connectivity index (χ3n) is 2.36. The van der Waals surface area contributed by atoms with Gasteiger partial charge in [-0.2, -0.15) is 0 Å². The van der Waals surface area contributed by atoms with E-state index < -0.39 is 6.67 Å². The van der Waals surface area contributed by atoms with Gasteiger partial charge in [-0.25, -0.2) is 4.39 Å². The van der Waals surface area contributed by atoms with Gasteiger partial charge in [0.2, 0.25) is 0 Å². The zero-order chi connectivity index (χ0) is 14.5. The SMILES string of the molecule is FCCOc1cc(Oc2ccc(Cl)cc2Cl)ccc1Cl. The number of benzene rings is 2. The molecule has 0 N–H and O–H groups in total. The van der Waals surface area contributed by atoms with Gasteiger partial charge in [0.25, 0.3) is 0 Å². The van der Waals surface area contributed by atoms with E-state index in [9.17, 15) is 4.39 Å². The molecular weight excluding hydrogens is 326 g/mol. The molecule has 0 atom stereocenters. The highest BCUT2D eigenvalue weighted by Gasteiger charge is 2.08. The van der Waals surface area contributed by atoms with E-state index in [-0.39, 0.29) is 6.61 Å². The van der Waals surface area contributed by atoms with E-state index in [1.165, 1.54) is 0 Å². The maximum absolute atomic E-state index is 12.1. The second-order valence-corrected chi connectivity index (χ2v) is 5.06. The first-order chi connectivity index (χ1) is 9.60. The van der Waals surface area contributed by atoms with E-state index >= 15 is 0 Å². The van der Waals surface area contributed by atoms with Crippen molar-refractivity contribution in [2.45, 2.75) is 0 Å². The maximum Gasteiger partial charge on any atom is 0.146 e. The number of alkyl halides is 1. The van der Waals surface area contributed by atoms with E-state index in [2.05, 4.69) is 0 Å². The Morgan fingerprint density at radius 2 is 1.70 bits per heavy atom. The molecule has 2 aromatic carbocycles. The highest BCUT2D eigenvalue weighted by Crippen LogP contribution is 2.35. The summed E-state index contributed by atoms with van der Waals surface area (Å²) >= 11 is 17.8. The van der Waals surface area contributed by atoms with Crippen molar-refractivity contribution in [3.05, 3.63) is 51.5 Å². The predicted molar refractivity (Wildman–Crippen MR) is 79.5 cm³/mol. The molecule has 106 valence electrons. The van der Waals surface area contributed by atoms with E-state index in [4.69, 9.17) is 44.3 Å². The number of rotatable bonds is 5. The number of halogens is 4. The fraction of sp³-hybridized carbons (Fsp3) is 0.143. The Labute approximate surface area is 131 Å². The standard InChI is InChI=1S/C14H10Cl3FO2/c15-9-1-4-13(12(17)7-9)20-10-2-3-11(16)14(8-10)19-6-5-18/h1-4,7-8H,5-6H2. The molecule has 0 saturated heterocycles. The van der Waals surface area contributed by atoms with Crippen LogP contribution in [0.15, 0.2) is 36.4 Å². The minimum absolute atomic E-state index is 0.0646. The molecule has 0 bridgehead atoms. The Bertz CT molecular complexity index is 605. The molecule has 6 heteroatoms. The first-order valence-corrected chi connectivity index (χ1v) is 6.85. The molecule has 0 aliphatic carbocycles. The third kappa shape index (κ3) is 3.92. The summed E-state index contributed by atoms with van der Waals surface area (Å²) in [6.45, 7) is -0.657. The van der Waals surface area contributed by atoms with Crippen LogP contribution in [0.2, 0.25) is 15.1 Å². The Hall–Kier alpha value is -1.16. The quantitative estimate of drug-likeness (QED) is 0.688. The summed E-state index contributed by atoms with van der Waals surface area (Å²) in [4.78, 5) is 0. The van der Waals surface area contributed by atoms with Crippen LogP contribution in [0, 0.1) is 0 Å². The van der Waals surface area contributed by atoms with Crippen molar-refractivity contribution in [1.82, 2.24) is 0 Å². The van der Waals surface area contributed by atoms with Crippen LogP contribution >= 0.6 is 34.8 Å². The summed E-state index contributed by atoms with van der Waals surface area (Å²) in [5.74, 6) is 1.29. The minimum atomic E-state index is -0.593. The van der Waals surface area contributed by atoms with Gasteiger partial charge in [0.15, 0.2) is 0 Å². The van der Waals surface area contributed by atoms with Gasteiger partial charge in [-0.3, -0.25) is 0 Å². The molecular formula is C14H10Cl3FO2. The van der Waals surface area contributed by atoms with Gasteiger partial charge in [0.05, 0.1) is 10.0 Å². The molecule has 0 saturated carbocycles. The zero-order valence-corrected chi connectivity index (χ0v) is 12.5. The molecule has 0 aliphatic heterocycles. The monoisotopic (exact) mass is 334 g/mol. The molecule has 0 aliphatic rings. The van der Waals surface area contributed by atoms with Gasteiger partial charge in [-0.1, -0.05) is 34.8 Å². The molecule has 0 fully saturated rings. The van der Waals surface area contributed by atoms with E-state index in [1.807, 2.05) is 0 Å². The Balaban J connectivity index is 2.20. The van der Waals surface area contributed by atoms with Crippen LogP contribution in [-0.2, 0) is 0 Å². The van der Waals surface area contributed by atoms with Crippen LogP contribution in [0.4, 0.5) is 4.39 Å². The van der Waals surface area contributed by atoms with Gasteiger partial charge >= 0.3 is 0 Å². The number of hydrogen-bond donors (Lipinski definition) is 0. The Morgan fingerprint density at radius 1 is 0.900 bits per heavy atom.